The normalized spacial score (nSPS) is 10.7. The van der Waals surface area contributed by atoms with Crippen LogP contribution in [0.5, 0.6) is 5.75 Å². The van der Waals surface area contributed by atoms with Crippen LogP contribution in [-0.2, 0) is 0 Å². The van der Waals surface area contributed by atoms with Crippen LogP contribution in [0.3, 0.4) is 0 Å². The van der Waals surface area contributed by atoms with Crippen molar-refractivity contribution in [1.82, 2.24) is 9.97 Å². The molecule has 18 heavy (non-hydrogen) atoms. The zero-order valence-corrected chi connectivity index (χ0v) is 9.42. The lowest BCUT2D eigenvalue weighted by Gasteiger charge is -2.06. The number of aromatic amines is 1. The summed E-state index contributed by atoms with van der Waals surface area (Å²) in [5, 5.41) is 10.9. The Morgan fingerprint density at radius 3 is 2.56 bits per heavy atom. The number of aromatic nitrogens is 2. The Kier molecular flexibility index (Phi) is 2.34. The highest BCUT2D eigenvalue weighted by Crippen LogP contribution is 2.31. The highest BCUT2D eigenvalue weighted by Gasteiger charge is 2.12. The van der Waals surface area contributed by atoms with Gasteiger partial charge in [0, 0.05) is 17.8 Å². The third kappa shape index (κ3) is 1.55. The molecule has 0 aliphatic carbocycles. The Hall–Kier alpha value is -2.62. The molecule has 0 atom stereocenters. The molecule has 0 fully saturated rings. The second-order valence-electron chi connectivity index (χ2n) is 3.96. The Labute approximate surface area is 103 Å². The maximum atomic E-state index is 12.0. The molecule has 0 saturated carbocycles. The van der Waals surface area contributed by atoms with Gasteiger partial charge >= 0.3 is 0 Å². The summed E-state index contributed by atoms with van der Waals surface area (Å²) in [4.78, 5) is 18.7. The van der Waals surface area contributed by atoms with Gasteiger partial charge in [0.05, 0.1) is 11.1 Å². The van der Waals surface area contributed by atoms with Crippen molar-refractivity contribution in [1.29, 1.82) is 0 Å². The van der Waals surface area contributed by atoms with E-state index in [0.29, 0.717) is 16.5 Å². The van der Waals surface area contributed by atoms with Crippen molar-refractivity contribution >= 4 is 10.9 Å². The lowest BCUT2D eigenvalue weighted by molar-refractivity contribution is 0.482. The third-order valence-corrected chi connectivity index (χ3v) is 2.86. The first kappa shape index (κ1) is 10.5. The number of nitrogens with zero attached hydrogens (tertiary/aromatic N) is 1. The molecule has 0 aliphatic rings. The fraction of sp³-hybridized carbons (Fsp3) is 0. The van der Waals surface area contributed by atoms with Gasteiger partial charge in [-0.2, -0.15) is 0 Å². The van der Waals surface area contributed by atoms with E-state index < -0.39 is 0 Å². The zero-order chi connectivity index (χ0) is 12.5. The summed E-state index contributed by atoms with van der Waals surface area (Å²) in [5.41, 5.74) is 1.24. The molecular weight excluding hydrogens is 228 g/mol. The van der Waals surface area contributed by atoms with Crippen LogP contribution in [0.15, 0.2) is 53.6 Å². The molecule has 4 nitrogen and oxygen atoms in total. The van der Waals surface area contributed by atoms with Crippen LogP contribution in [0.1, 0.15) is 0 Å². The van der Waals surface area contributed by atoms with Gasteiger partial charge in [-0.3, -0.25) is 9.78 Å². The minimum Gasteiger partial charge on any atom is -0.506 e. The molecule has 3 rings (SSSR count). The van der Waals surface area contributed by atoms with Gasteiger partial charge in [0.15, 0.2) is 0 Å². The minimum atomic E-state index is -0.308. The van der Waals surface area contributed by atoms with Crippen LogP contribution in [0.2, 0.25) is 0 Å². The number of fused-ring (bicyclic) bond motifs is 1. The molecule has 1 aromatic carbocycles. The number of pyridine rings is 2. The van der Waals surface area contributed by atoms with Gasteiger partial charge in [-0.1, -0.05) is 12.1 Å². The maximum Gasteiger partial charge on any atom is 0.260 e. The molecule has 2 N–H and O–H groups in total. The molecule has 3 aromatic rings. The topological polar surface area (TPSA) is 66.0 Å². The first-order valence-electron chi connectivity index (χ1n) is 5.52. The number of hydrogen-bond acceptors (Lipinski definition) is 3. The number of H-pyrrole nitrogens is 1. The molecule has 0 radical (unpaired) electrons. The van der Waals surface area contributed by atoms with E-state index in [0.717, 1.165) is 0 Å². The molecule has 2 aromatic heterocycles. The van der Waals surface area contributed by atoms with Gasteiger partial charge in [0.2, 0.25) is 0 Å². The zero-order valence-electron chi connectivity index (χ0n) is 9.42. The highest BCUT2D eigenvalue weighted by molar-refractivity contribution is 5.91. The highest BCUT2D eigenvalue weighted by atomic mass is 16.3. The predicted molar refractivity (Wildman–Crippen MR) is 69.5 cm³/mol. The number of para-hydroxylation sites is 1. The Morgan fingerprint density at radius 2 is 1.78 bits per heavy atom. The Morgan fingerprint density at radius 1 is 1.06 bits per heavy atom. The van der Waals surface area contributed by atoms with E-state index >= 15 is 0 Å². The fourth-order valence-electron chi connectivity index (χ4n) is 2.01. The van der Waals surface area contributed by atoms with Gasteiger partial charge in [0.25, 0.3) is 5.56 Å². The predicted octanol–water partition coefficient (Wildman–Crippen LogP) is 2.30. The summed E-state index contributed by atoms with van der Waals surface area (Å²) in [6, 6.07) is 10.5. The number of aromatic hydroxyl groups is 1. The number of rotatable bonds is 1. The molecule has 2 heterocycles. The van der Waals surface area contributed by atoms with Crippen LogP contribution in [-0.4, -0.2) is 15.1 Å². The first-order valence-corrected chi connectivity index (χ1v) is 5.52. The molecule has 0 saturated heterocycles. The van der Waals surface area contributed by atoms with E-state index in [9.17, 15) is 9.90 Å². The van der Waals surface area contributed by atoms with Crippen LogP contribution in [0.4, 0.5) is 0 Å². The van der Waals surface area contributed by atoms with E-state index in [2.05, 4.69) is 9.97 Å². The van der Waals surface area contributed by atoms with Crippen molar-refractivity contribution in [3.05, 3.63) is 59.1 Å². The largest absolute Gasteiger partial charge is 0.506 e. The number of nitrogens with one attached hydrogen (secondary N) is 1. The van der Waals surface area contributed by atoms with Gasteiger partial charge in [0.1, 0.15) is 5.75 Å². The Bertz CT molecular complexity index is 764. The van der Waals surface area contributed by atoms with Gasteiger partial charge in [-0.15, -0.1) is 0 Å². The molecule has 0 unspecified atom stereocenters. The number of hydrogen-bond donors (Lipinski definition) is 2. The molecular formula is C14H10N2O2. The van der Waals surface area contributed by atoms with E-state index in [-0.39, 0.29) is 16.9 Å². The van der Waals surface area contributed by atoms with Crippen LogP contribution in [0.25, 0.3) is 22.0 Å². The molecule has 0 bridgehead atoms. The summed E-state index contributed by atoms with van der Waals surface area (Å²) in [6.07, 6.45) is 3.17. The SMILES string of the molecule is O=c1[nH]c2ccccc2c(O)c1-c1ccncc1. The number of benzene rings is 1. The second kappa shape index (κ2) is 4.00. The van der Waals surface area contributed by atoms with Crippen LogP contribution in [0, 0.1) is 0 Å². The van der Waals surface area contributed by atoms with Gasteiger partial charge < -0.3 is 10.1 Å². The van der Waals surface area contributed by atoms with E-state index in [4.69, 9.17) is 0 Å². The molecule has 88 valence electrons. The quantitative estimate of drug-likeness (QED) is 0.683. The second-order valence-corrected chi connectivity index (χ2v) is 3.96. The van der Waals surface area contributed by atoms with E-state index in [1.54, 1.807) is 36.7 Å². The summed E-state index contributed by atoms with van der Waals surface area (Å²) < 4.78 is 0. The average Bonchev–Trinajstić information content (AvgIpc) is 2.40. The summed E-state index contributed by atoms with van der Waals surface area (Å²) in [5.74, 6) is 0.000509. The van der Waals surface area contributed by atoms with Crippen molar-refractivity contribution in [3.8, 4) is 16.9 Å². The summed E-state index contributed by atoms with van der Waals surface area (Å²) >= 11 is 0. The van der Waals surface area contributed by atoms with Crippen molar-refractivity contribution in [2.45, 2.75) is 0 Å². The standard InChI is InChI=1S/C14H10N2O2/c17-13-10-3-1-2-4-11(10)16-14(18)12(13)9-5-7-15-8-6-9/h1-8H,(H2,16,17,18). The van der Waals surface area contributed by atoms with Crippen LogP contribution < -0.4 is 5.56 Å². The van der Waals surface area contributed by atoms with E-state index in [1.165, 1.54) is 0 Å². The van der Waals surface area contributed by atoms with Crippen molar-refractivity contribution < 1.29 is 5.11 Å². The van der Waals surface area contributed by atoms with Gasteiger partial charge in [-0.25, -0.2) is 0 Å². The van der Waals surface area contributed by atoms with Gasteiger partial charge in [-0.05, 0) is 29.8 Å². The lowest BCUT2D eigenvalue weighted by Crippen LogP contribution is -2.09. The fourth-order valence-corrected chi connectivity index (χ4v) is 2.01. The third-order valence-electron chi connectivity index (χ3n) is 2.86. The molecule has 0 spiro atoms. The van der Waals surface area contributed by atoms with Crippen molar-refractivity contribution in [2.24, 2.45) is 0 Å². The summed E-state index contributed by atoms with van der Waals surface area (Å²) in [6.45, 7) is 0. The molecule has 4 heteroatoms. The monoisotopic (exact) mass is 238 g/mol. The summed E-state index contributed by atoms with van der Waals surface area (Å²) in [7, 11) is 0. The minimum absolute atomic E-state index is 0.000509. The first-order chi connectivity index (χ1) is 8.77. The Balaban J connectivity index is 2.41. The maximum absolute atomic E-state index is 12.0. The van der Waals surface area contributed by atoms with E-state index in [1.807, 2.05) is 12.1 Å². The van der Waals surface area contributed by atoms with Crippen molar-refractivity contribution in [3.63, 3.8) is 0 Å². The van der Waals surface area contributed by atoms with Crippen molar-refractivity contribution in [2.75, 3.05) is 0 Å². The average molecular weight is 238 g/mol. The molecule has 0 aliphatic heterocycles. The smallest absolute Gasteiger partial charge is 0.260 e. The van der Waals surface area contributed by atoms with Crippen LogP contribution >= 0.6 is 0 Å². The lowest BCUT2D eigenvalue weighted by atomic mass is 10.0. The molecule has 0 amide bonds.